The average Bonchev–Trinajstić information content (AvgIpc) is 3.58. The SMILES string of the molecule is C=C(C)C(=O)NCCN(Cc1ccc(Cn2c(C3CCOC3)nc3c(N)nc4ccccc4c32)cc1)C(=O)O. The van der Waals surface area contributed by atoms with Gasteiger partial charge in [-0.3, -0.25) is 4.79 Å². The van der Waals surface area contributed by atoms with Crippen molar-refractivity contribution in [3.63, 3.8) is 0 Å². The molecule has 1 unspecified atom stereocenters. The van der Waals surface area contributed by atoms with Crippen LogP contribution in [-0.2, 0) is 22.6 Å². The summed E-state index contributed by atoms with van der Waals surface area (Å²) < 4.78 is 7.89. The van der Waals surface area contributed by atoms with E-state index in [0.717, 1.165) is 39.8 Å². The van der Waals surface area contributed by atoms with Crippen LogP contribution in [0.1, 0.15) is 36.2 Å². The molecule has 10 heteroatoms. The third-order valence-corrected chi connectivity index (χ3v) is 7.00. The molecule has 4 N–H and O–H groups in total. The lowest BCUT2D eigenvalue weighted by Crippen LogP contribution is -2.37. The Morgan fingerprint density at radius 3 is 2.62 bits per heavy atom. The van der Waals surface area contributed by atoms with Crippen LogP contribution >= 0.6 is 0 Å². The van der Waals surface area contributed by atoms with E-state index in [-0.39, 0.29) is 31.5 Å². The highest BCUT2D eigenvalue weighted by molar-refractivity contribution is 6.06. The van der Waals surface area contributed by atoms with Gasteiger partial charge in [-0.2, -0.15) is 0 Å². The highest BCUT2D eigenvalue weighted by Gasteiger charge is 2.26. The maximum absolute atomic E-state index is 11.8. The van der Waals surface area contributed by atoms with Crippen molar-refractivity contribution in [2.75, 3.05) is 32.0 Å². The van der Waals surface area contributed by atoms with E-state index in [0.29, 0.717) is 36.7 Å². The van der Waals surface area contributed by atoms with Crippen LogP contribution < -0.4 is 11.1 Å². The predicted octanol–water partition coefficient (Wildman–Crippen LogP) is 3.89. The molecule has 5 rings (SSSR count). The van der Waals surface area contributed by atoms with Gasteiger partial charge >= 0.3 is 6.09 Å². The number of carbonyl (C=O) groups excluding carboxylic acids is 1. The Bertz CT molecular complexity index is 1540. The van der Waals surface area contributed by atoms with Crippen LogP contribution in [0.3, 0.4) is 0 Å². The topological polar surface area (TPSA) is 136 Å². The minimum absolute atomic E-state index is 0.171. The molecule has 2 aromatic heterocycles. The van der Waals surface area contributed by atoms with Crippen molar-refractivity contribution in [3.05, 3.63) is 77.6 Å². The Morgan fingerprint density at radius 1 is 1.18 bits per heavy atom. The van der Waals surface area contributed by atoms with E-state index >= 15 is 0 Å². The number of imidazole rings is 1. The number of carbonyl (C=O) groups is 2. The molecule has 1 atom stereocenters. The molecule has 2 amide bonds. The van der Waals surface area contributed by atoms with Crippen molar-refractivity contribution in [2.24, 2.45) is 0 Å². The number of ether oxygens (including phenoxy) is 1. The summed E-state index contributed by atoms with van der Waals surface area (Å²) in [6.07, 6.45) is -0.152. The number of nitrogens with two attached hydrogens (primary N) is 1. The quantitative estimate of drug-likeness (QED) is 0.280. The van der Waals surface area contributed by atoms with Crippen LogP contribution in [0.15, 0.2) is 60.7 Å². The molecule has 0 saturated carbocycles. The number of carboxylic acid groups (broad SMARTS) is 1. The fraction of sp³-hybridized carbons (Fsp3) is 0.310. The molecule has 0 radical (unpaired) electrons. The minimum atomic E-state index is -1.05. The van der Waals surface area contributed by atoms with Gasteiger partial charge in [-0.1, -0.05) is 49.0 Å². The number of hydrogen-bond donors (Lipinski definition) is 3. The molecule has 1 aliphatic rings. The van der Waals surface area contributed by atoms with Gasteiger partial charge in [0.2, 0.25) is 5.91 Å². The zero-order valence-electron chi connectivity index (χ0n) is 21.9. The molecule has 4 aromatic rings. The average molecular weight is 529 g/mol. The predicted molar refractivity (Wildman–Crippen MR) is 149 cm³/mol. The van der Waals surface area contributed by atoms with Crippen LogP contribution in [0, 0.1) is 0 Å². The second-order valence-corrected chi connectivity index (χ2v) is 9.88. The highest BCUT2D eigenvalue weighted by atomic mass is 16.5. The minimum Gasteiger partial charge on any atom is -0.465 e. The van der Waals surface area contributed by atoms with E-state index in [1.54, 1.807) is 6.92 Å². The first kappa shape index (κ1) is 26.2. The summed E-state index contributed by atoms with van der Waals surface area (Å²) in [5, 5.41) is 13.3. The molecule has 0 aliphatic carbocycles. The third kappa shape index (κ3) is 5.56. The van der Waals surface area contributed by atoms with E-state index in [4.69, 9.17) is 15.5 Å². The Balaban J connectivity index is 1.40. The number of hydrogen-bond acceptors (Lipinski definition) is 6. The summed E-state index contributed by atoms with van der Waals surface area (Å²) in [7, 11) is 0. The van der Waals surface area contributed by atoms with Crippen molar-refractivity contribution < 1.29 is 19.4 Å². The Morgan fingerprint density at radius 2 is 1.92 bits per heavy atom. The smallest absolute Gasteiger partial charge is 0.407 e. The van der Waals surface area contributed by atoms with E-state index in [1.165, 1.54) is 4.90 Å². The van der Waals surface area contributed by atoms with E-state index in [9.17, 15) is 14.7 Å². The number of nitrogens with one attached hydrogen (secondary N) is 1. The number of benzene rings is 2. The van der Waals surface area contributed by atoms with E-state index < -0.39 is 6.09 Å². The zero-order chi connectivity index (χ0) is 27.5. The van der Waals surface area contributed by atoms with Gasteiger partial charge in [0.25, 0.3) is 0 Å². The summed E-state index contributed by atoms with van der Waals surface area (Å²) in [6.45, 7) is 7.69. The number of para-hydroxylation sites is 1. The summed E-state index contributed by atoms with van der Waals surface area (Å²) in [5.74, 6) is 1.23. The fourth-order valence-corrected chi connectivity index (χ4v) is 4.94. The van der Waals surface area contributed by atoms with Crippen LogP contribution in [0.2, 0.25) is 0 Å². The van der Waals surface area contributed by atoms with Crippen LogP contribution in [0.4, 0.5) is 10.6 Å². The molecule has 39 heavy (non-hydrogen) atoms. The molecule has 202 valence electrons. The molecule has 3 heterocycles. The Hall–Kier alpha value is -4.44. The number of fused-ring (bicyclic) bond motifs is 3. The third-order valence-electron chi connectivity index (χ3n) is 7.00. The number of anilines is 1. The van der Waals surface area contributed by atoms with Gasteiger partial charge < -0.3 is 30.4 Å². The first-order chi connectivity index (χ1) is 18.8. The number of nitrogens with zero attached hydrogens (tertiary/aromatic N) is 4. The monoisotopic (exact) mass is 528 g/mol. The van der Waals surface area contributed by atoms with E-state index in [2.05, 4.69) is 21.4 Å². The standard InChI is InChI=1S/C29H32N6O4/c1-18(2)28(36)31-12-13-34(29(37)38)15-19-7-9-20(10-8-19)16-35-25-22-5-3-4-6-23(22)32-26(30)24(25)33-27(35)21-11-14-39-17-21/h3-10,21H,1,11-17H2,2H3,(H2,30,32)(H,31,36)(H,37,38). The van der Waals surface area contributed by atoms with Gasteiger partial charge in [0.1, 0.15) is 11.3 Å². The first-order valence-corrected chi connectivity index (χ1v) is 12.9. The van der Waals surface area contributed by atoms with Crippen molar-refractivity contribution >= 4 is 39.8 Å². The normalized spacial score (nSPS) is 15.1. The van der Waals surface area contributed by atoms with Crippen LogP contribution in [0.5, 0.6) is 0 Å². The fourth-order valence-electron chi connectivity index (χ4n) is 4.94. The molecule has 0 bridgehead atoms. The summed E-state index contributed by atoms with van der Waals surface area (Å²) in [6, 6.07) is 15.8. The van der Waals surface area contributed by atoms with Gasteiger partial charge in [0, 0.05) is 49.7 Å². The molecular formula is C29H32N6O4. The molecular weight excluding hydrogens is 496 g/mol. The number of amides is 2. The maximum Gasteiger partial charge on any atom is 0.407 e. The Kier molecular flexibility index (Phi) is 7.47. The lowest BCUT2D eigenvalue weighted by Gasteiger charge is -2.20. The second-order valence-electron chi connectivity index (χ2n) is 9.88. The molecule has 1 saturated heterocycles. The van der Waals surface area contributed by atoms with Gasteiger partial charge in [0.05, 0.1) is 17.6 Å². The number of nitrogen functional groups attached to an aromatic ring is 1. The summed E-state index contributed by atoms with van der Waals surface area (Å²) in [4.78, 5) is 34.3. The Labute approximate surface area is 226 Å². The summed E-state index contributed by atoms with van der Waals surface area (Å²) >= 11 is 0. The molecule has 10 nitrogen and oxygen atoms in total. The zero-order valence-corrected chi connectivity index (χ0v) is 21.9. The van der Waals surface area contributed by atoms with Crippen LogP contribution in [-0.4, -0.2) is 62.8 Å². The maximum atomic E-state index is 11.8. The molecule has 2 aromatic carbocycles. The lowest BCUT2D eigenvalue weighted by molar-refractivity contribution is -0.117. The highest BCUT2D eigenvalue weighted by Crippen LogP contribution is 2.34. The number of aromatic nitrogens is 3. The van der Waals surface area contributed by atoms with E-state index in [1.807, 2.05) is 48.5 Å². The lowest BCUT2D eigenvalue weighted by atomic mass is 10.1. The largest absolute Gasteiger partial charge is 0.465 e. The molecule has 1 aliphatic heterocycles. The van der Waals surface area contributed by atoms with Gasteiger partial charge in [-0.25, -0.2) is 14.8 Å². The van der Waals surface area contributed by atoms with Gasteiger partial charge in [-0.15, -0.1) is 0 Å². The van der Waals surface area contributed by atoms with Crippen molar-refractivity contribution in [1.29, 1.82) is 0 Å². The van der Waals surface area contributed by atoms with Crippen molar-refractivity contribution in [1.82, 2.24) is 24.8 Å². The van der Waals surface area contributed by atoms with Crippen LogP contribution in [0.25, 0.3) is 21.9 Å². The van der Waals surface area contributed by atoms with Gasteiger partial charge in [-0.05, 0) is 30.5 Å². The molecule has 0 spiro atoms. The van der Waals surface area contributed by atoms with Crippen molar-refractivity contribution in [3.8, 4) is 0 Å². The second kappa shape index (κ2) is 11.1. The number of pyridine rings is 1. The van der Waals surface area contributed by atoms with Gasteiger partial charge in [0.15, 0.2) is 5.82 Å². The number of rotatable bonds is 9. The summed E-state index contributed by atoms with van der Waals surface area (Å²) in [5.41, 5.74) is 11.1. The molecule has 1 fully saturated rings. The van der Waals surface area contributed by atoms with Crippen molar-refractivity contribution in [2.45, 2.75) is 32.4 Å². The first-order valence-electron chi connectivity index (χ1n) is 12.9.